The summed E-state index contributed by atoms with van der Waals surface area (Å²) in [5, 5.41) is 0. The number of hydrogen-bond acceptors (Lipinski definition) is 3. The molecule has 100 valence electrons. The first kappa shape index (κ1) is 13.4. The van der Waals surface area contributed by atoms with E-state index in [4.69, 9.17) is 0 Å². The second-order valence-electron chi connectivity index (χ2n) is 4.23. The van der Waals surface area contributed by atoms with Gasteiger partial charge in [-0.3, -0.25) is 4.18 Å². The van der Waals surface area contributed by atoms with Crippen LogP contribution in [0, 0.1) is 6.92 Å². The Morgan fingerprint density at radius 1 is 1.33 bits per heavy atom. The first-order valence-electron chi connectivity index (χ1n) is 5.30. The molecule has 0 aliphatic heterocycles. The molecular formula is C11H11F3O3S. The second-order valence-corrected chi connectivity index (χ2v) is 5.79. The van der Waals surface area contributed by atoms with Gasteiger partial charge >= 0.3 is 15.6 Å². The lowest BCUT2D eigenvalue weighted by Crippen LogP contribution is -2.26. The van der Waals surface area contributed by atoms with Crippen molar-refractivity contribution in [1.29, 1.82) is 0 Å². The van der Waals surface area contributed by atoms with E-state index in [1.54, 1.807) is 19.1 Å². The average molecular weight is 280 g/mol. The van der Waals surface area contributed by atoms with Gasteiger partial charge in [-0.1, -0.05) is 23.8 Å². The van der Waals surface area contributed by atoms with Crippen LogP contribution in [0.25, 0.3) is 0 Å². The Bertz CT molecular complexity index is 563. The van der Waals surface area contributed by atoms with E-state index in [2.05, 4.69) is 4.18 Å². The van der Waals surface area contributed by atoms with Crippen LogP contribution in [0.5, 0.6) is 0 Å². The van der Waals surface area contributed by atoms with Crippen molar-refractivity contribution < 1.29 is 25.8 Å². The van der Waals surface area contributed by atoms with Crippen molar-refractivity contribution in [3.8, 4) is 0 Å². The summed E-state index contributed by atoms with van der Waals surface area (Å²) in [5.74, 6) is 0. The molecule has 0 spiro atoms. The van der Waals surface area contributed by atoms with E-state index in [1.165, 1.54) is 0 Å². The molecule has 1 atom stereocenters. The van der Waals surface area contributed by atoms with Gasteiger partial charge in [0.1, 0.15) is 6.10 Å². The fourth-order valence-corrected chi connectivity index (χ4v) is 2.61. The van der Waals surface area contributed by atoms with Gasteiger partial charge < -0.3 is 0 Å². The van der Waals surface area contributed by atoms with Gasteiger partial charge in [0, 0.05) is 0 Å². The van der Waals surface area contributed by atoms with Gasteiger partial charge in [0.25, 0.3) is 0 Å². The minimum Gasteiger partial charge on any atom is -0.255 e. The number of rotatable bonds is 2. The van der Waals surface area contributed by atoms with Crippen LogP contribution in [0.15, 0.2) is 18.2 Å². The molecule has 0 radical (unpaired) electrons. The molecule has 0 amide bonds. The summed E-state index contributed by atoms with van der Waals surface area (Å²) in [7, 11) is -5.54. The summed E-state index contributed by atoms with van der Waals surface area (Å²) in [5.41, 5.74) is -3.15. The molecule has 0 aromatic heterocycles. The summed E-state index contributed by atoms with van der Waals surface area (Å²) in [6, 6.07) is 5.28. The van der Waals surface area contributed by atoms with Gasteiger partial charge in [0.05, 0.1) is 0 Å². The number of alkyl halides is 3. The molecular weight excluding hydrogens is 269 g/mol. The molecule has 1 unspecified atom stereocenters. The maximum Gasteiger partial charge on any atom is 0.523 e. The highest BCUT2D eigenvalue weighted by molar-refractivity contribution is 7.87. The molecule has 1 aromatic rings. The van der Waals surface area contributed by atoms with Crippen LogP contribution in [0.3, 0.4) is 0 Å². The molecule has 0 saturated carbocycles. The first-order valence-corrected chi connectivity index (χ1v) is 6.70. The number of hydrogen-bond donors (Lipinski definition) is 0. The average Bonchev–Trinajstić information content (AvgIpc) is 2.59. The molecule has 0 saturated heterocycles. The lowest BCUT2D eigenvalue weighted by molar-refractivity contribution is -0.0574. The number of aryl methyl sites for hydroxylation is 2. The van der Waals surface area contributed by atoms with Crippen molar-refractivity contribution in [2.75, 3.05) is 0 Å². The van der Waals surface area contributed by atoms with E-state index >= 15 is 0 Å². The summed E-state index contributed by atoms with van der Waals surface area (Å²) in [6.45, 7) is 1.79. The van der Waals surface area contributed by atoms with Crippen LogP contribution in [-0.2, 0) is 20.7 Å². The van der Waals surface area contributed by atoms with E-state index in [0.29, 0.717) is 12.0 Å². The maximum absolute atomic E-state index is 12.2. The van der Waals surface area contributed by atoms with Crippen LogP contribution in [0.2, 0.25) is 0 Å². The van der Waals surface area contributed by atoms with Crippen LogP contribution in [-0.4, -0.2) is 13.9 Å². The van der Waals surface area contributed by atoms with E-state index in [9.17, 15) is 21.6 Å². The quantitative estimate of drug-likeness (QED) is 0.618. The van der Waals surface area contributed by atoms with Gasteiger partial charge in [-0.25, -0.2) is 0 Å². The Morgan fingerprint density at radius 2 is 2.00 bits per heavy atom. The highest BCUT2D eigenvalue weighted by atomic mass is 32.2. The van der Waals surface area contributed by atoms with E-state index < -0.39 is 21.7 Å². The summed E-state index contributed by atoms with van der Waals surface area (Å²) in [6.07, 6.45) is -0.270. The van der Waals surface area contributed by atoms with Crippen LogP contribution in [0.1, 0.15) is 29.2 Å². The van der Waals surface area contributed by atoms with Crippen molar-refractivity contribution in [3.05, 3.63) is 34.9 Å². The normalized spacial score (nSPS) is 19.9. The van der Waals surface area contributed by atoms with Crippen LogP contribution >= 0.6 is 0 Å². The zero-order valence-electron chi connectivity index (χ0n) is 9.49. The predicted molar refractivity (Wildman–Crippen MR) is 58.3 cm³/mol. The Hall–Kier alpha value is -1.08. The molecule has 1 aliphatic rings. The maximum atomic E-state index is 12.2. The first-order chi connectivity index (χ1) is 8.21. The van der Waals surface area contributed by atoms with E-state index in [-0.39, 0.29) is 6.42 Å². The third kappa shape index (κ3) is 2.37. The third-order valence-corrected chi connectivity index (χ3v) is 3.90. The third-order valence-electron chi connectivity index (χ3n) is 2.85. The fourth-order valence-electron chi connectivity index (χ4n) is 1.99. The molecule has 3 nitrogen and oxygen atoms in total. The van der Waals surface area contributed by atoms with E-state index in [1.807, 2.05) is 6.07 Å². The Labute approximate surface area is 103 Å². The predicted octanol–water partition coefficient (Wildman–Crippen LogP) is 2.85. The van der Waals surface area contributed by atoms with Crippen LogP contribution < -0.4 is 0 Å². The zero-order valence-corrected chi connectivity index (χ0v) is 10.3. The molecule has 0 N–H and O–H groups in total. The monoisotopic (exact) mass is 280 g/mol. The standard InChI is InChI=1S/C11H11F3O3S/c1-7-2-3-8-4-5-10(9(8)6-7)17-18(15,16)11(12,13)14/h2-3,6,10H,4-5H2,1H3. The zero-order chi connectivity index (χ0) is 13.6. The highest BCUT2D eigenvalue weighted by Gasteiger charge is 2.49. The van der Waals surface area contributed by atoms with Crippen molar-refractivity contribution in [3.63, 3.8) is 0 Å². The fraction of sp³-hybridized carbons (Fsp3) is 0.455. The summed E-state index contributed by atoms with van der Waals surface area (Å²) < 4.78 is 62.9. The van der Waals surface area contributed by atoms with Crippen molar-refractivity contribution >= 4 is 10.1 Å². The Kier molecular flexibility index (Phi) is 3.14. The van der Waals surface area contributed by atoms with Crippen molar-refractivity contribution in [1.82, 2.24) is 0 Å². The van der Waals surface area contributed by atoms with Gasteiger partial charge in [0.15, 0.2) is 0 Å². The molecule has 2 rings (SSSR count). The van der Waals surface area contributed by atoms with Gasteiger partial charge in [-0.05, 0) is 30.9 Å². The number of benzene rings is 1. The molecule has 0 heterocycles. The van der Waals surface area contributed by atoms with Crippen molar-refractivity contribution in [2.45, 2.75) is 31.4 Å². The SMILES string of the molecule is Cc1ccc2c(c1)C(OS(=O)(=O)C(F)(F)F)CC2. The minimum atomic E-state index is -5.54. The summed E-state index contributed by atoms with van der Waals surface area (Å²) in [4.78, 5) is 0. The number of halogens is 3. The minimum absolute atomic E-state index is 0.244. The smallest absolute Gasteiger partial charge is 0.255 e. The Morgan fingerprint density at radius 3 is 2.61 bits per heavy atom. The molecule has 0 fully saturated rings. The lowest BCUT2D eigenvalue weighted by Gasteiger charge is -2.15. The van der Waals surface area contributed by atoms with Crippen LogP contribution in [0.4, 0.5) is 13.2 Å². The molecule has 7 heteroatoms. The largest absolute Gasteiger partial charge is 0.523 e. The van der Waals surface area contributed by atoms with Gasteiger partial charge in [0.2, 0.25) is 0 Å². The molecule has 1 aromatic carbocycles. The molecule has 0 bridgehead atoms. The second kappa shape index (κ2) is 4.24. The van der Waals surface area contributed by atoms with Crippen molar-refractivity contribution in [2.24, 2.45) is 0 Å². The highest BCUT2D eigenvalue weighted by Crippen LogP contribution is 2.38. The summed E-state index contributed by atoms with van der Waals surface area (Å²) >= 11 is 0. The lowest BCUT2D eigenvalue weighted by atomic mass is 10.1. The van der Waals surface area contributed by atoms with Gasteiger partial charge in [-0.2, -0.15) is 21.6 Å². The molecule has 1 aliphatic carbocycles. The van der Waals surface area contributed by atoms with Gasteiger partial charge in [-0.15, -0.1) is 0 Å². The number of fused-ring (bicyclic) bond motifs is 1. The molecule has 18 heavy (non-hydrogen) atoms. The topological polar surface area (TPSA) is 43.4 Å². The Balaban J connectivity index is 2.28. The van der Waals surface area contributed by atoms with E-state index in [0.717, 1.165) is 11.1 Å².